The van der Waals surface area contributed by atoms with E-state index in [1.807, 2.05) is 72.3 Å². The minimum atomic E-state index is -0.520. The van der Waals surface area contributed by atoms with Gasteiger partial charge in [-0.2, -0.15) is 0 Å². The van der Waals surface area contributed by atoms with E-state index in [1.165, 1.54) is 16.8 Å². The van der Waals surface area contributed by atoms with Crippen molar-refractivity contribution in [2.45, 2.75) is 26.1 Å². The van der Waals surface area contributed by atoms with Crippen LogP contribution in [0.1, 0.15) is 24.1 Å². The van der Waals surface area contributed by atoms with Crippen LogP contribution in [-0.2, 0) is 17.9 Å². The van der Waals surface area contributed by atoms with Gasteiger partial charge in [0.1, 0.15) is 6.54 Å². The van der Waals surface area contributed by atoms with Gasteiger partial charge in [0, 0.05) is 30.3 Å². The maximum absolute atomic E-state index is 12.8. The number of nitrogens with zero attached hydrogens (tertiary/aromatic N) is 4. The lowest BCUT2D eigenvalue weighted by molar-refractivity contribution is -0.122. The first-order valence-corrected chi connectivity index (χ1v) is 10.2. The molecule has 0 saturated heterocycles. The van der Waals surface area contributed by atoms with Gasteiger partial charge in [0.15, 0.2) is 0 Å². The van der Waals surface area contributed by atoms with Crippen LogP contribution in [-0.4, -0.2) is 24.6 Å². The standard InChI is InChI=1S/C24H23N5O3/c1-18(20-7-9-21(10-8-20)28-14-12-25-17-28)26-22(30)16-29-23(31)11-13-27(24(29)32)15-19-5-3-2-4-6-19/h2-14,17-18H,15-16H2,1H3,(H,26,30)/t18-/m1/s1. The Morgan fingerprint density at radius 3 is 2.44 bits per heavy atom. The zero-order valence-electron chi connectivity index (χ0n) is 17.6. The largest absolute Gasteiger partial charge is 0.348 e. The summed E-state index contributed by atoms with van der Waals surface area (Å²) in [5, 5.41) is 2.86. The number of hydrogen-bond donors (Lipinski definition) is 1. The summed E-state index contributed by atoms with van der Waals surface area (Å²) in [5.41, 5.74) is 1.77. The van der Waals surface area contributed by atoms with Crippen LogP contribution in [0.3, 0.4) is 0 Å². The van der Waals surface area contributed by atoms with Gasteiger partial charge < -0.3 is 9.88 Å². The van der Waals surface area contributed by atoms with Gasteiger partial charge in [-0.05, 0) is 30.2 Å². The van der Waals surface area contributed by atoms with Gasteiger partial charge in [-0.25, -0.2) is 9.78 Å². The van der Waals surface area contributed by atoms with Gasteiger partial charge in [0.05, 0.1) is 18.9 Å². The molecule has 0 saturated carbocycles. The summed E-state index contributed by atoms with van der Waals surface area (Å²) in [6, 6.07) is 18.2. The summed E-state index contributed by atoms with van der Waals surface area (Å²) in [7, 11) is 0. The summed E-state index contributed by atoms with van der Waals surface area (Å²) in [6.07, 6.45) is 6.72. The third kappa shape index (κ3) is 4.75. The average molecular weight is 429 g/mol. The Labute approximate surface area is 184 Å². The Hall–Kier alpha value is -4.20. The molecule has 0 aliphatic rings. The second-order valence-corrected chi connectivity index (χ2v) is 7.49. The van der Waals surface area contributed by atoms with Gasteiger partial charge in [-0.3, -0.25) is 18.7 Å². The normalized spacial score (nSPS) is 11.8. The van der Waals surface area contributed by atoms with Gasteiger partial charge in [0.25, 0.3) is 5.56 Å². The highest BCUT2D eigenvalue weighted by Gasteiger charge is 2.14. The fourth-order valence-corrected chi connectivity index (χ4v) is 3.46. The van der Waals surface area contributed by atoms with E-state index in [2.05, 4.69) is 10.3 Å². The highest BCUT2D eigenvalue weighted by molar-refractivity contribution is 5.76. The number of rotatable bonds is 7. The van der Waals surface area contributed by atoms with E-state index in [0.717, 1.165) is 21.4 Å². The van der Waals surface area contributed by atoms with Crippen LogP contribution in [0.4, 0.5) is 0 Å². The molecule has 0 aliphatic heterocycles. The van der Waals surface area contributed by atoms with Crippen molar-refractivity contribution in [2.24, 2.45) is 0 Å². The summed E-state index contributed by atoms with van der Waals surface area (Å²) in [5.74, 6) is -0.409. The fraction of sp³-hybridized carbons (Fsp3) is 0.167. The molecule has 4 aromatic rings. The number of carbonyl (C=O) groups excluding carboxylic acids is 1. The second-order valence-electron chi connectivity index (χ2n) is 7.49. The summed E-state index contributed by atoms with van der Waals surface area (Å²) < 4.78 is 4.25. The van der Waals surface area contributed by atoms with E-state index in [-0.39, 0.29) is 12.6 Å². The van der Waals surface area contributed by atoms with Crippen LogP contribution < -0.4 is 16.6 Å². The molecule has 1 N–H and O–H groups in total. The highest BCUT2D eigenvalue weighted by Crippen LogP contribution is 2.15. The molecule has 2 aromatic heterocycles. The lowest BCUT2D eigenvalue weighted by Gasteiger charge is -2.16. The number of benzene rings is 2. The minimum absolute atomic E-state index is 0.287. The van der Waals surface area contributed by atoms with Gasteiger partial charge in [0.2, 0.25) is 5.91 Å². The smallest absolute Gasteiger partial charge is 0.331 e. The maximum Gasteiger partial charge on any atom is 0.331 e. The molecule has 162 valence electrons. The van der Waals surface area contributed by atoms with Gasteiger partial charge >= 0.3 is 5.69 Å². The average Bonchev–Trinajstić information content (AvgIpc) is 3.34. The van der Waals surface area contributed by atoms with Crippen molar-refractivity contribution >= 4 is 5.91 Å². The number of imidazole rings is 1. The van der Waals surface area contributed by atoms with Crippen LogP contribution in [0, 0.1) is 0 Å². The van der Waals surface area contributed by atoms with Gasteiger partial charge in [-0.15, -0.1) is 0 Å². The van der Waals surface area contributed by atoms with Gasteiger partial charge in [-0.1, -0.05) is 42.5 Å². The van der Waals surface area contributed by atoms with E-state index in [9.17, 15) is 14.4 Å². The Kier molecular flexibility index (Phi) is 6.12. The van der Waals surface area contributed by atoms with E-state index in [4.69, 9.17) is 0 Å². The molecule has 0 aliphatic carbocycles. The van der Waals surface area contributed by atoms with Crippen molar-refractivity contribution in [1.29, 1.82) is 0 Å². The van der Waals surface area contributed by atoms with Crippen molar-refractivity contribution in [2.75, 3.05) is 0 Å². The lowest BCUT2D eigenvalue weighted by atomic mass is 10.1. The second kappa shape index (κ2) is 9.30. The number of aromatic nitrogens is 4. The number of amides is 1. The topological polar surface area (TPSA) is 90.9 Å². The first kappa shape index (κ1) is 21.0. The zero-order valence-corrected chi connectivity index (χ0v) is 17.6. The molecule has 2 aromatic carbocycles. The lowest BCUT2D eigenvalue weighted by Crippen LogP contribution is -2.43. The molecular weight excluding hydrogens is 406 g/mol. The molecule has 8 heteroatoms. The van der Waals surface area contributed by atoms with Crippen LogP contribution in [0.25, 0.3) is 5.69 Å². The van der Waals surface area contributed by atoms with E-state index < -0.39 is 17.2 Å². The first-order valence-electron chi connectivity index (χ1n) is 10.2. The SMILES string of the molecule is C[C@@H](NC(=O)Cn1c(=O)ccn(Cc2ccccc2)c1=O)c1ccc(-n2ccnc2)cc1. The Balaban J connectivity index is 1.45. The first-order chi connectivity index (χ1) is 15.5. The molecular formula is C24H23N5O3. The molecule has 0 radical (unpaired) electrons. The van der Waals surface area contributed by atoms with E-state index >= 15 is 0 Å². The fourth-order valence-electron chi connectivity index (χ4n) is 3.46. The Morgan fingerprint density at radius 1 is 1.00 bits per heavy atom. The molecule has 1 atom stereocenters. The van der Waals surface area contributed by atoms with E-state index in [1.54, 1.807) is 12.5 Å². The minimum Gasteiger partial charge on any atom is -0.348 e. The van der Waals surface area contributed by atoms with Crippen molar-refractivity contribution in [3.05, 3.63) is 118 Å². The van der Waals surface area contributed by atoms with Crippen molar-refractivity contribution < 1.29 is 4.79 Å². The Morgan fingerprint density at radius 2 is 1.75 bits per heavy atom. The van der Waals surface area contributed by atoms with Crippen LogP contribution in [0.5, 0.6) is 0 Å². The van der Waals surface area contributed by atoms with Crippen LogP contribution in [0.2, 0.25) is 0 Å². The number of hydrogen-bond acceptors (Lipinski definition) is 4. The third-order valence-corrected chi connectivity index (χ3v) is 5.21. The predicted molar refractivity (Wildman–Crippen MR) is 121 cm³/mol. The Bertz CT molecular complexity index is 1310. The highest BCUT2D eigenvalue weighted by atomic mass is 16.2. The molecule has 2 heterocycles. The zero-order chi connectivity index (χ0) is 22.5. The van der Waals surface area contributed by atoms with Crippen LogP contribution in [0.15, 0.2) is 95.2 Å². The third-order valence-electron chi connectivity index (χ3n) is 5.21. The van der Waals surface area contributed by atoms with Crippen molar-refractivity contribution in [3.63, 3.8) is 0 Å². The molecule has 1 amide bonds. The van der Waals surface area contributed by atoms with Crippen LogP contribution >= 0.6 is 0 Å². The quantitative estimate of drug-likeness (QED) is 0.487. The molecule has 0 fully saturated rings. The molecule has 32 heavy (non-hydrogen) atoms. The number of nitrogens with one attached hydrogen (secondary N) is 1. The molecule has 0 bridgehead atoms. The van der Waals surface area contributed by atoms with Crippen molar-refractivity contribution in [1.82, 2.24) is 24.0 Å². The molecule has 8 nitrogen and oxygen atoms in total. The predicted octanol–water partition coefficient (Wildman–Crippen LogP) is 2.12. The van der Waals surface area contributed by atoms with Crippen molar-refractivity contribution in [3.8, 4) is 5.69 Å². The maximum atomic E-state index is 12.8. The van der Waals surface area contributed by atoms with E-state index in [0.29, 0.717) is 6.54 Å². The molecule has 0 spiro atoms. The summed E-state index contributed by atoms with van der Waals surface area (Å²) in [6.45, 7) is 1.83. The molecule has 4 rings (SSSR count). The summed E-state index contributed by atoms with van der Waals surface area (Å²) >= 11 is 0. The monoisotopic (exact) mass is 429 g/mol. The summed E-state index contributed by atoms with van der Waals surface area (Å²) in [4.78, 5) is 41.6. The number of carbonyl (C=O) groups is 1. The molecule has 0 unspecified atom stereocenters.